The van der Waals surface area contributed by atoms with E-state index >= 15 is 0 Å². The van der Waals surface area contributed by atoms with Crippen molar-refractivity contribution >= 4 is 27.7 Å². The molecular weight excluding hydrogens is 424 g/mol. The number of carbonyl (C=O) groups excluding carboxylic acids is 2. The summed E-state index contributed by atoms with van der Waals surface area (Å²) in [5.74, 6) is 0.800. The molecule has 2 aromatic rings. The summed E-state index contributed by atoms with van der Waals surface area (Å²) in [6, 6.07) is 10.5. The van der Waals surface area contributed by atoms with E-state index in [4.69, 9.17) is 9.47 Å². The molecule has 2 amide bonds. The smallest absolute Gasteiger partial charge is 0.253 e. The zero-order chi connectivity index (χ0) is 20.7. The molecule has 2 rings (SSSR count). The van der Waals surface area contributed by atoms with Crippen LogP contribution in [-0.4, -0.2) is 44.5 Å². The molecule has 0 fully saturated rings. The van der Waals surface area contributed by atoms with Crippen LogP contribution in [0.4, 0.5) is 0 Å². The van der Waals surface area contributed by atoms with Crippen molar-refractivity contribution in [1.29, 1.82) is 0 Å². The molecule has 150 valence electrons. The molecule has 28 heavy (non-hydrogen) atoms. The quantitative estimate of drug-likeness (QED) is 0.665. The fourth-order valence-electron chi connectivity index (χ4n) is 2.50. The van der Waals surface area contributed by atoms with Crippen LogP contribution in [0.25, 0.3) is 0 Å². The molecule has 7 heteroatoms. The molecule has 0 radical (unpaired) electrons. The molecule has 0 unspecified atom stereocenters. The maximum absolute atomic E-state index is 12.5. The fourth-order valence-corrected chi connectivity index (χ4v) is 3.06. The first kappa shape index (κ1) is 21.8. The van der Waals surface area contributed by atoms with Gasteiger partial charge in [-0.05, 0) is 52.2 Å². The molecule has 0 aliphatic rings. The van der Waals surface area contributed by atoms with Gasteiger partial charge in [-0.15, -0.1) is 0 Å². The van der Waals surface area contributed by atoms with E-state index in [-0.39, 0.29) is 11.8 Å². The Morgan fingerprint density at radius 1 is 1.11 bits per heavy atom. The largest absolute Gasteiger partial charge is 0.493 e. The van der Waals surface area contributed by atoms with Crippen molar-refractivity contribution < 1.29 is 19.1 Å². The van der Waals surface area contributed by atoms with Crippen LogP contribution in [0, 0.1) is 0 Å². The Morgan fingerprint density at radius 2 is 1.79 bits per heavy atom. The van der Waals surface area contributed by atoms with E-state index in [2.05, 4.69) is 21.2 Å². The Morgan fingerprint density at radius 3 is 2.36 bits per heavy atom. The summed E-state index contributed by atoms with van der Waals surface area (Å²) in [4.78, 5) is 26.0. The second kappa shape index (κ2) is 10.1. The van der Waals surface area contributed by atoms with Gasteiger partial charge in [0.25, 0.3) is 11.8 Å². The van der Waals surface area contributed by atoms with Gasteiger partial charge >= 0.3 is 0 Å². The molecule has 0 heterocycles. The van der Waals surface area contributed by atoms with Gasteiger partial charge in [-0.3, -0.25) is 9.59 Å². The van der Waals surface area contributed by atoms with Crippen molar-refractivity contribution in [3.05, 3.63) is 57.6 Å². The Kier molecular flexibility index (Phi) is 7.87. The molecule has 0 saturated heterocycles. The molecule has 0 saturated carbocycles. The molecule has 1 N–H and O–H groups in total. The average Bonchev–Trinajstić information content (AvgIpc) is 2.70. The number of methoxy groups -OCH3 is 1. The van der Waals surface area contributed by atoms with Crippen LogP contribution in [0.2, 0.25) is 0 Å². The third-order valence-electron chi connectivity index (χ3n) is 4.00. The summed E-state index contributed by atoms with van der Waals surface area (Å²) < 4.78 is 11.7. The van der Waals surface area contributed by atoms with Crippen molar-refractivity contribution in [2.45, 2.75) is 19.9 Å². The number of hydrogen-bond acceptors (Lipinski definition) is 4. The third kappa shape index (κ3) is 5.48. The summed E-state index contributed by atoms with van der Waals surface area (Å²) in [5.41, 5.74) is 1.97. The minimum Gasteiger partial charge on any atom is -0.493 e. The number of hydrogen-bond donors (Lipinski definition) is 1. The van der Waals surface area contributed by atoms with E-state index in [0.29, 0.717) is 40.3 Å². The number of rotatable bonds is 8. The van der Waals surface area contributed by atoms with Crippen LogP contribution in [0.15, 0.2) is 40.9 Å². The highest BCUT2D eigenvalue weighted by atomic mass is 79.9. The van der Waals surface area contributed by atoms with Gasteiger partial charge in [-0.1, -0.05) is 19.1 Å². The Labute approximate surface area is 174 Å². The van der Waals surface area contributed by atoms with Crippen molar-refractivity contribution in [3.8, 4) is 11.5 Å². The normalized spacial score (nSPS) is 10.3. The number of carbonyl (C=O) groups is 2. The first-order valence-corrected chi connectivity index (χ1v) is 9.75. The van der Waals surface area contributed by atoms with Gasteiger partial charge in [0.15, 0.2) is 11.5 Å². The minimum atomic E-state index is -0.227. The fraction of sp³-hybridized carbons (Fsp3) is 0.333. The maximum Gasteiger partial charge on any atom is 0.253 e. The molecule has 0 aromatic heterocycles. The van der Waals surface area contributed by atoms with Gasteiger partial charge in [-0.25, -0.2) is 0 Å². The molecular formula is C21H25BrN2O4. The van der Waals surface area contributed by atoms with Crippen LogP contribution in [0.5, 0.6) is 11.5 Å². The third-order valence-corrected chi connectivity index (χ3v) is 4.59. The van der Waals surface area contributed by atoms with Gasteiger partial charge in [-0.2, -0.15) is 0 Å². The van der Waals surface area contributed by atoms with Crippen LogP contribution in [-0.2, 0) is 6.54 Å². The topological polar surface area (TPSA) is 67.9 Å². The number of nitrogens with one attached hydrogen (secondary N) is 1. The van der Waals surface area contributed by atoms with Crippen LogP contribution in [0.3, 0.4) is 0 Å². The van der Waals surface area contributed by atoms with Gasteiger partial charge in [0.05, 0.1) is 18.2 Å². The monoisotopic (exact) mass is 448 g/mol. The minimum absolute atomic E-state index is 0.0575. The highest BCUT2D eigenvalue weighted by Gasteiger charge is 2.15. The highest BCUT2D eigenvalue weighted by molar-refractivity contribution is 9.10. The maximum atomic E-state index is 12.5. The van der Waals surface area contributed by atoms with Crippen LogP contribution < -0.4 is 14.8 Å². The summed E-state index contributed by atoms with van der Waals surface area (Å²) in [6.07, 6.45) is 0.872. The van der Waals surface area contributed by atoms with Crippen molar-refractivity contribution in [1.82, 2.24) is 10.2 Å². The molecule has 0 aliphatic heterocycles. The Balaban J connectivity index is 2.06. The number of amides is 2. The molecule has 2 aromatic carbocycles. The lowest BCUT2D eigenvalue weighted by molar-refractivity contribution is 0.0827. The zero-order valence-electron chi connectivity index (χ0n) is 16.5. The highest BCUT2D eigenvalue weighted by Crippen LogP contribution is 2.36. The Bertz CT molecular complexity index is 835. The summed E-state index contributed by atoms with van der Waals surface area (Å²) in [7, 11) is 4.96. The Hall–Kier alpha value is -2.54. The first-order valence-electron chi connectivity index (χ1n) is 8.96. The molecule has 0 atom stereocenters. The predicted octanol–water partition coefficient (Wildman–Crippen LogP) is 3.88. The summed E-state index contributed by atoms with van der Waals surface area (Å²) in [6.45, 7) is 2.93. The lowest BCUT2D eigenvalue weighted by Gasteiger charge is -2.14. The average molecular weight is 449 g/mol. The number of halogens is 1. The predicted molar refractivity (Wildman–Crippen MR) is 112 cm³/mol. The first-order chi connectivity index (χ1) is 13.4. The number of ether oxygens (including phenoxy) is 2. The summed E-state index contributed by atoms with van der Waals surface area (Å²) in [5, 5.41) is 2.88. The van der Waals surface area contributed by atoms with Gasteiger partial charge in [0.1, 0.15) is 0 Å². The van der Waals surface area contributed by atoms with E-state index in [1.807, 2.05) is 19.1 Å². The lowest BCUT2D eigenvalue weighted by Crippen LogP contribution is -2.23. The van der Waals surface area contributed by atoms with E-state index in [0.717, 1.165) is 12.0 Å². The standard InChI is InChI=1S/C21H25BrN2O4/c1-5-10-28-19-17(22)11-16(12-18(19)27-4)20(25)23-13-14-6-8-15(9-7-14)21(26)24(2)3/h6-9,11-12H,5,10,13H2,1-4H3,(H,23,25). The molecule has 0 bridgehead atoms. The van der Waals surface area contributed by atoms with Gasteiger partial charge < -0.3 is 19.7 Å². The van der Waals surface area contributed by atoms with E-state index in [1.54, 1.807) is 45.5 Å². The number of benzene rings is 2. The van der Waals surface area contributed by atoms with Gasteiger partial charge in [0, 0.05) is 31.8 Å². The van der Waals surface area contributed by atoms with Crippen LogP contribution >= 0.6 is 15.9 Å². The van der Waals surface area contributed by atoms with Crippen molar-refractivity contribution in [3.63, 3.8) is 0 Å². The second-order valence-electron chi connectivity index (χ2n) is 6.42. The van der Waals surface area contributed by atoms with Crippen molar-refractivity contribution in [2.24, 2.45) is 0 Å². The lowest BCUT2D eigenvalue weighted by atomic mass is 10.1. The van der Waals surface area contributed by atoms with Gasteiger partial charge in [0.2, 0.25) is 0 Å². The van der Waals surface area contributed by atoms with E-state index in [9.17, 15) is 9.59 Å². The zero-order valence-corrected chi connectivity index (χ0v) is 18.1. The van der Waals surface area contributed by atoms with Crippen molar-refractivity contribution in [2.75, 3.05) is 27.8 Å². The van der Waals surface area contributed by atoms with Crippen LogP contribution in [0.1, 0.15) is 39.6 Å². The second-order valence-corrected chi connectivity index (χ2v) is 7.27. The van der Waals surface area contributed by atoms with E-state index in [1.165, 1.54) is 4.90 Å². The summed E-state index contributed by atoms with van der Waals surface area (Å²) >= 11 is 3.45. The SMILES string of the molecule is CCCOc1c(Br)cc(C(=O)NCc2ccc(C(=O)N(C)C)cc2)cc1OC. The number of nitrogens with zero attached hydrogens (tertiary/aromatic N) is 1. The molecule has 0 aliphatic carbocycles. The molecule has 0 spiro atoms. The molecule has 6 nitrogen and oxygen atoms in total. The van der Waals surface area contributed by atoms with E-state index < -0.39 is 0 Å².